The standard InChI is InChI=1S/C19H23N3O3/c1-24-17-10-16(11-18(12-17)25-2)19(23)22-8-6-21(7-9-22)14-15-4-3-5-20-13-15/h3-5,10-13H,6-9,14H2,1-2H3/p+2. The van der Waals surface area contributed by atoms with Crippen LogP contribution in [0.15, 0.2) is 42.7 Å². The van der Waals surface area contributed by atoms with Crippen LogP contribution in [0.4, 0.5) is 0 Å². The van der Waals surface area contributed by atoms with Crippen LogP contribution in [0.2, 0.25) is 0 Å². The Labute approximate surface area is 148 Å². The lowest BCUT2D eigenvalue weighted by Gasteiger charge is -2.32. The van der Waals surface area contributed by atoms with E-state index < -0.39 is 0 Å². The van der Waals surface area contributed by atoms with E-state index in [-0.39, 0.29) is 5.91 Å². The number of aromatic amines is 1. The molecule has 132 valence electrons. The van der Waals surface area contributed by atoms with Gasteiger partial charge in [-0.15, -0.1) is 0 Å². The van der Waals surface area contributed by atoms with Gasteiger partial charge in [-0.1, -0.05) is 0 Å². The molecule has 1 aromatic carbocycles. The molecule has 0 spiro atoms. The van der Waals surface area contributed by atoms with Gasteiger partial charge in [0.25, 0.3) is 5.91 Å². The molecule has 0 radical (unpaired) electrons. The smallest absolute Gasteiger partial charge is 0.254 e. The van der Waals surface area contributed by atoms with E-state index in [4.69, 9.17) is 9.47 Å². The quantitative estimate of drug-likeness (QED) is 0.835. The number of nitrogens with zero attached hydrogens (tertiary/aromatic N) is 1. The maximum absolute atomic E-state index is 12.8. The molecule has 3 rings (SSSR count). The molecule has 0 atom stereocenters. The molecule has 25 heavy (non-hydrogen) atoms. The van der Waals surface area contributed by atoms with Crippen LogP contribution in [0.5, 0.6) is 11.5 Å². The molecule has 1 fully saturated rings. The molecule has 0 saturated carbocycles. The Balaban J connectivity index is 1.62. The van der Waals surface area contributed by atoms with Crippen LogP contribution in [0.1, 0.15) is 15.9 Å². The largest absolute Gasteiger partial charge is 0.497 e. The lowest BCUT2D eigenvalue weighted by atomic mass is 10.1. The highest BCUT2D eigenvalue weighted by Crippen LogP contribution is 2.23. The Morgan fingerprint density at radius 1 is 1.16 bits per heavy atom. The van der Waals surface area contributed by atoms with Gasteiger partial charge in [0.2, 0.25) is 0 Å². The van der Waals surface area contributed by atoms with E-state index in [0.717, 1.165) is 32.7 Å². The second-order valence-electron chi connectivity index (χ2n) is 6.23. The fourth-order valence-corrected chi connectivity index (χ4v) is 3.15. The highest BCUT2D eigenvalue weighted by Gasteiger charge is 2.25. The summed E-state index contributed by atoms with van der Waals surface area (Å²) >= 11 is 0. The number of hydrogen-bond acceptors (Lipinski definition) is 3. The van der Waals surface area contributed by atoms with Crippen molar-refractivity contribution in [2.24, 2.45) is 0 Å². The second-order valence-corrected chi connectivity index (χ2v) is 6.23. The summed E-state index contributed by atoms with van der Waals surface area (Å²) in [5.74, 6) is 1.30. The predicted molar refractivity (Wildman–Crippen MR) is 92.8 cm³/mol. The number of pyridine rings is 1. The van der Waals surface area contributed by atoms with Crippen molar-refractivity contribution in [2.45, 2.75) is 6.54 Å². The summed E-state index contributed by atoms with van der Waals surface area (Å²) in [7, 11) is 3.18. The highest BCUT2D eigenvalue weighted by molar-refractivity contribution is 5.95. The molecule has 2 aromatic rings. The number of nitrogens with one attached hydrogen (secondary N) is 2. The number of ether oxygens (including phenoxy) is 2. The highest BCUT2D eigenvalue weighted by atomic mass is 16.5. The minimum atomic E-state index is 0.0318. The first kappa shape index (κ1) is 17.2. The van der Waals surface area contributed by atoms with Gasteiger partial charge in [-0.25, -0.2) is 4.98 Å². The number of rotatable bonds is 5. The number of carbonyl (C=O) groups excluding carboxylic acids is 1. The number of piperazine rings is 1. The van der Waals surface area contributed by atoms with Crippen molar-refractivity contribution in [3.8, 4) is 11.5 Å². The van der Waals surface area contributed by atoms with Crippen molar-refractivity contribution in [1.82, 2.24) is 4.90 Å². The number of aromatic nitrogens is 1. The Bertz CT molecular complexity index is 691. The fourth-order valence-electron chi connectivity index (χ4n) is 3.15. The van der Waals surface area contributed by atoms with Crippen LogP contribution in [0.25, 0.3) is 0 Å². The van der Waals surface area contributed by atoms with Crippen molar-refractivity contribution in [2.75, 3.05) is 40.4 Å². The van der Waals surface area contributed by atoms with Gasteiger partial charge in [-0.2, -0.15) is 0 Å². The summed E-state index contributed by atoms with van der Waals surface area (Å²) in [6.07, 6.45) is 3.95. The van der Waals surface area contributed by atoms with Crippen LogP contribution >= 0.6 is 0 Å². The van der Waals surface area contributed by atoms with Crippen molar-refractivity contribution in [3.63, 3.8) is 0 Å². The topological polar surface area (TPSA) is 57.4 Å². The number of methoxy groups -OCH3 is 2. The zero-order valence-corrected chi connectivity index (χ0v) is 14.7. The molecule has 0 aliphatic carbocycles. The van der Waals surface area contributed by atoms with E-state index in [1.807, 2.05) is 23.4 Å². The van der Waals surface area contributed by atoms with Crippen molar-refractivity contribution in [3.05, 3.63) is 53.9 Å². The molecule has 6 heteroatoms. The monoisotopic (exact) mass is 343 g/mol. The maximum Gasteiger partial charge on any atom is 0.254 e. The van der Waals surface area contributed by atoms with Gasteiger partial charge in [0.05, 0.1) is 46.0 Å². The van der Waals surface area contributed by atoms with E-state index in [1.54, 1.807) is 32.4 Å². The first-order chi connectivity index (χ1) is 12.2. The van der Waals surface area contributed by atoms with Crippen molar-refractivity contribution < 1.29 is 24.2 Å². The third-order valence-electron chi connectivity index (χ3n) is 4.58. The van der Waals surface area contributed by atoms with Gasteiger partial charge < -0.3 is 19.3 Å². The average molecular weight is 343 g/mol. The van der Waals surface area contributed by atoms with Crippen LogP contribution in [0.3, 0.4) is 0 Å². The van der Waals surface area contributed by atoms with E-state index in [0.29, 0.717) is 17.1 Å². The Morgan fingerprint density at radius 3 is 2.40 bits per heavy atom. The van der Waals surface area contributed by atoms with Gasteiger partial charge in [0.15, 0.2) is 12.4 Å². The first-order valence-corrected chi connectivity index (χ1v) is 8.50. The summed E-state index contributed by atoms with van der Waals surface area (Å²) in [6.45, 7) is 4.38. The summed E-state index contributed by atoms with van der Waals surface area (Å²) < 4.78 is 10.5. The number of carbonyl (C=O) groups is 1. The molecular formula is C19H25N3O3+2. The zero-order valence-electron chi connectivity index (χ0n) is 14.7. The molecule has 1 amide bonds. The van der Waals surface area contributed by atoms with Crippen LogP contribution < -0.4 is 19.4 Å². The Hall–Kier alpha value is -2.60. The number of hydrogen-bond donors (Lipinski definition) is 1. The van der Waals surface area contributed by atoms with Crippen LogP contribution in [0, 0.1) is 0 Å². The van der Waals surface area contributed by atoms with Crippen molar-refractivity contribution >= 4 is 5.91 Å². The van der Waals surface area contributed by atoms with E-state index in [9.17, 15) is 4.79 Å². The third kappa shape index (κ3) is 4.28. The summed E-state index contributed by atoms with van der Waals surface area (Å²) in [5, 5.41) is 0. The normalized spacial score (nSPS) is 15.0. The predicted octanol–water partition coefficient (Wildman–Crippen LogP) is 0.0588. The number of quaternary nitrogens is 1. The van der Waals surface area contributed by atoms with E-state index >= 15 is 0 Å². The molecule has 2 heterocycles. The van der Waals surface area contributed by atoms with Crippen molar-refractivity contribution in [1.29, 1.82) is 0 Å². The lowest BCUT2D eigenvalue weighted by molar-refractivity contribution is -0.917. The molecule has 6 nitrogen and oxygen atoms in total. The SMILES string of the molecule is COc1cc(OC)cc(C(=O)N2CC[NH+](Cc3ccc[nH+]c3)CC2)c1. The Morgan fingerprint density at radius 2 is 1.84 bits per heavy atom. The Kier molecular flexibility index (Phi) is 5.50. The number of amides is 1. The maximum atomic E-state index is 12.8. The minimum Gasteiger partial charge on any atom is -0.497 e. The summed E-state index contributed by atoms with van der Waals surface area (Å²) in [5.41, 5.74) is 1.90. The third-order valence-corrected chi connectivity index (χ3v) is 4.58. The molecule has 1 saturated heterocycles. The van der Waals surface area contributed by atoms with Crippen LogP contribution in [-0.2, 0) is 6.54 Å². The van der Waals surface area contributed by atoms with Gasteiger partial charge in [-0.3, -0.25) is 4.79 Å². The van der Waals surface area contributed by atoms with E-state index in [1.165, 1.54) is 10.5 Å². The fraction of sp³-hybridized carbons (Fsp3) is 0.368. The second kappa shape index (κ2) is 7.98. The molecule has 0 bridgehead atoms. The van der Waals surface area contributed by atoms with Gasteiger partial charge >= 0.3 is 0 Å². The van der Waals surface area contributed by atoms with Gasteiger partial charge in [0, 0.05) is 17.7 Å². The molecule has 2 N–H and O–H groups in total. The molecule has 0 unspecified atom stereocenters. The first-order valence-electron chi connectivity index (χ1n) is 8.50. The molecule has 1 aromatic heterocycles. The molecule has 1 aliphatic heterocycles. The number of H-pyrrole nitrogens is 1. The average Bonchev–Trinajstić information content (AvgIpc) is 2.68. The minimum absolute atomic E-state index is 0.0318. The molecular weight excluding hydrogens is 318 g/mol. The number of benzene rings is 1. The molecule has 1 aliphatic rings. The summed E-state index contributed by atoms with van der Waals surface area (Å²) in [4.78, 5) is 19.3. The summed E-state index contributed by atoms with van der Waals surface area (Å²) in [6, 6.07) is 9.46. The van der Waals surface area contributed by atoms with Gasteiger partial charge in [-0.05, 0) is 18.2 Å². The van der Waals surface area contributed by atoms with Crippen LogP contribution in [-0.4, -0.2) is 51.2 Å². The van der Waals surface area contributed by atoms with E-state index in [2.05, 4.69) is 11.1 Å². The lowest BCUT2D eigenvalue weighted by Crippen LogP contribution is -3.13. The zero-order chi connectivity index (χ0) is 17.6. The van der Waals surface area contributed by atoms with Gasteiger partial charge in [0.1, 0.15) is 18.0 Å².